The summed E-state index contributed by atoms with van der Waals surface area (Å²) in [5, 5.41) is 2.77. The van der Waals surface area contributed by atoms with Gasteiger partial charge >= 0.3 is 5.97 Å². The second-order valence-electron chi connectivity index (χ2n) is 7.04. The van der Waals surface area contributed by atoms with Gasteiger partial charge in [0.1, 0.15) is 0 Å². The second-order valence-corrected chi connectivity index (χ2v) is 9.14. The quantitative estimate of drug-likeness (QED) is 0.601. The first-order valence-electron chi connectivity index (χ1n) is 9.54. The van der Waals surface area contributed by atoms with Gasteiger partial charge in [0.05, 0.1) is 17.1 Å². The van der Waals surface area contributed by atoms with Gasteiger partial charge in [0.25, 0.3) is 5.91 Å². The van der Waals surface area contributed by atoms with E-state index in [4.69, 9.17) is 4.74 Å². The number of nitrogens with one attached hydrogen (secondary N) is 1. The van der Waals surface area contributed by atoms with Crippen molar-refractivity contribution in [3.63, 3.8) is 0 Å². The van der Waals surface area contributed by atoms with Crippen LogP contribution in [-0.4, -0.2) is 38.7 Å². The van der Waals surface area contributed by atoms with Gasteiger partial charge in [0.15, 0.2) is 16.4 Å². The molecule has 2 aromatic carbocycles. The van der Waals surface area contributed by atoms with E-state index in [1.54, 1.807) is 12.1 Å². The Morgan fingerprint density at radius 1 is 1.03 bits per heavy atom. The molecule has 1 unspecified atom stereocenters. The Balaban J connectivity index is 1.68. The van der Waals surface area contributed by atoms with Crippen LogP contribution in [0.2, 0.25) is 0 Å². The smallest absolute Gasteiger partial charge is 0.307 e. The lowest BCUT2D eigenvalue weighted by Crippen LogP contribution is -2.36. The number of rotatable bonds is 10. The van der Waals surface area contributed by atoms with Gasteiger partial charge in [-0.15, -0.1) is 0 Å². The summed E-state index contributed by atoms with van der Waals surface area (Å²) in [6, 6.07) is 16.3. The van der Waals surface area contributed by atoms with Crippen molar-refractivity contribution >= 4 is 21.7 Å². The molecule has 0 heterocycles. The summed E-state index contributed by atoms with van der Waals surface area (Å²) in [6.07, 6.45) is 1.30. The third kappa shape index (κ3) is 8.07. The van der Waals surface area contributed by atoms with E-state index in [9.17, 15) is 18.0 Å². The number of hydrogen-bond acceptors (Lipinski definition) is 5. The zero-order valence-corrected chi connectivity index (χ0v) is 17.6. The maximum Gasteiger partial charge on any atom is 0.307 e. The molecule has 0 aliphatic rings. The van der Waals surface area contributed by atoms with E-state index in [0.29, 0.717) is 0 Å². The predicted molar refractivity (Wildman–Crippen MR) is 111 cm³/mol. The average Bonchev–Trinajstić information content (AvgIpc) is 2.70. The number of amides is 1. The largest absolute Gasteiger partial charge is 0.456 e. The maximum atomic E-state index is 12.2. The SMILES string of the molecule is Cc1ccc(S(=O)(=O)CCC(=O)OCC(=O)NC(C)CCc2ccccc2)cc1. The molecule has 0 saturated heterocycles. The van der Waals surface area contributed by atoms with Gasteiger partial charge in [0, 0.05) is 6.04 Å². The lowest BCUT2D eigenvalue weighted by molar-refractivity contribution is -0.148. The lowest BCUT2D eigenvalue weighted by Gasteiger charge is -2.14. The molecule has 1 atom stereocenters. The monoisotopic (exact) mass is 417 g/mol. The Morgan fingerprint density at radius 3 is 2.34 bits per heavy atom. The Labute approximate surface area is 172 Å². The average molecular weight is 418 g/mol. The van der Waals surface area contributed by atoms with Crippen molar-refractivity contribution in [2.75, 3.05) is 12.4 Å². The maximum absolute atomic E-state index is 12.2. The first-order chi connectivity index (χ1) is 13.8. The summed E-state index contributed by atoms with van der Waals surface area (Å²) >= 11 is 0. The fourth-order valence-electron chi connectivity index (χ4n) is 2.72. The van der Waals surface area contributed by atoms with Crippen molar-refractivity contribution < 1.29 is 22.7 Å². The molecule has 0 saturated carbocycles. The van der Waals surface area contributed by atoms with E-state index in [0.717, 1.165) is 18.4 Å². The van der Waals surface area contributed by atoms with Gasteiger partial charge < -0.3 is 10.1 Å². The van der Waals surface area contributed by atoms with Gasteiger partial charge in [-0.1, -0.05) is 48.0 Å². The zero-order valence-electron chi connectivity index (χ0n) is 16.8. The summed E-state index contributed by atoms with van der Waals surface area (Å²) in [5.41, 5.74) is 2.14. The van der Waals surface area contributed by atoms with Crippen LogP contribution >= 0.6 is 0 Å². The molecule has 2 rings (SSSR count). The number of benzene rings is 2. The number of sulfone groups is 1. The summed E-state index contributed by atoms with van der Waals surface area (Å²) < 4.78 is 29.4. The third-order valence-electron chi connectivity index (χ3n) is 4.44. The molecule has 0 bridgehead atoms. The molecule has 29 heavy (non-hydrogen) atoms. The highest BCUT2D eigenvalue weighted by Crippen LogP contribution is 2.13. The molecule has 0 radical (unpaired) electrons. The van der Waals surface area contributed by atoms with Gasteiger partial charge in [-0.3, -0.25) is 9.59 Å². The molecule has 0 aliphatic carbocycles. The van der Waals surface area contributed by atoms with Crippen LogP contribution in [0.15, 0.2) is 59.5 Å². The summed E-state index contributed by atoms with van der Waals surface area (Å²) in [7, 11) is -3.56. The number of carbonyl (C=O) groups is 2. The van der Waals surface area contributed by atoms with Crippen LogP contribution in [0.3, 0.4) is 0 Å². The number of ether oxygens (including phenoxy) is 1. The highest BCUT2D eigenvalue weighted by atomic mass is 32.2. The first-order valence-corrected chi connectivity index (χ1v) is 11.2. The van der Waals surface area contributed by atoms with Crippen molar-refractivity contribution in [3.8, 4) is 0 Å². The highest BCUT2D eigenvalue weighted by Gasteiger charge is 2.18. The van der Waals surface area contributed by atoms with Crippen molar-refractivity contribution in [2.45, 2.75) is 44.0 Å². The number of aryl methyl sites for hydroxylation is 2. The van der Waals surface area contributed by atoms with Crippen LogP contribution in [-0.2, 0) is 30.6 Å². The Hall–Kier alpha value is -2.67. The Kier molecular flexibility index (Phi) is 8.39. The van der Waals surface area contributed by atoms with Crippen LogP contribution in [0.25, 0.3) is 0 Å². The van der Waals surface area contributed by atoms with Crippen LogP contribution in [0.5, 0.6) is 0 Å². The van der Waals surface area contributed by atoms with Crippen LogP contribution in [0.4, 0.5) is 0 Å². The van der Waals surface area contributed by atoms with E-state index in [2.05, 4.69) is 5.32 Å². The standard InChI is InChI=1S/C22H27NO5S/c1-17-8-12-20(13-9-17)29(26,27)15-14-22(25)28-16-21(24)23-18(2)10-11-19-6-4-3-5-7-19/h3-9,12-13,18H,10-11,14-16H2,1-2H3,(H,23,24). The molecule has 0 aliphatic heterocycles. The lowest BCUT2D eigenvalue weighted by atomic mass is 10.1. The molecule has 0 aromatic heterocycles. The summed E-state index contributed by atoms with van der Waals surface area (Å²) in [5.74, 6) is -1.47. The van der Waals surface area contributed by atoms with E-state index in [1.165, 1.54) is 17.7 Å². The molecule has 1 N–H and O–H groups in total. The minimum atomic E-state index is -3.56. The first kappa shape index (κ1) is 22.6. The summed E-state index contributed by atoms with van der Waals surface area (Å²) in [4.78, 5) is 23.9. The molecular weight excluding hydrogens is 390 g/mol. The third-order valence-corrected chi connectivity index (χ3v) is 6.17. The number of carbonyl (C=O) groups excluding carboxylic acids is 2. The fraction of sp³-hybridized carbons (Fsp3) is 0.364. The van der Waals surface area contributed by atoms with Crippen LogP contribution in [0.1, 0.15) is 30.9 Å². The van der Waals surface area contributed by atoms with Gasteiger partial charge in [-0.2, -0.15) is 0 Å². The second kappa shape index (κ2) is 10.8. The molecule has 0 spiro atoms. The van der Waals surface area contributed by atoms with Crippen molar-refractivity contribution in [3.05, 3.63) is 65.7 Å². The molecule has 0 fully saturated rings. The van der Waals surface area contributed by atoms with Crippen LogP contribution in [0, 0.1) is 6.92 Å². The summed E-state index contributed by atoms with van der Waals surface area (Å²) in [6.45, 7) is 3.33. The molecule has 2 aromatic rings. The molecule has 156 valence electrons. The van der Waals surface area contributed by atoms with E-state index in [-0.39, 0.29) is 23.1 Å². The number of hydrogen-bond donors (Lipinski definition) is 1. The molecule has 1 amide bonds. The predicted octanol–water partition coefficient (Wildman–Crippen LogP) is 2.84. The molecule has 6 nitrogen and oxygen atoms in total. The van der Waals surface area contributed by atoms with E-state index < -0.39 is 28.3 Å². The topological polar surface area (TPSA) is 89.5 Å². The normalized spacial score (nSPS) is 12.2. The fourth-order valence-corrected chi connectivity index (χ4v) is 3.94. The zero-order chi connectivity index (χ0) is 21.3. The highest BCUT2D eigenvalue weighted by molar-refractivity contribution is 7.91. The van der Waals surface area contributed by atoms with E-state index >= 15 is 0 Å². The Morgan fingerprint density at radius 2 is 1.69 bits per heavy atom. The van der Waals surface area contributed by atoms with Crippen molar-refractivity contribution in [2.24, 2.45) is 0 Å². The minimum absolute atomic E-state index is 0.0664. The number of esters is 1. The Bertz CT molecular complexity index is 908. The van der Waals surface area contributed by atoms with Crippen LogP contribution < -0.4 is 5.32 Å². The van der Waals surface area contributed by atoms with Crippen molar-refractivity contribution in [1.29, 1.82) is 0 Å². The van der Waals surface area contributed by atoms with Gasteiger partial charge in [0.2, 0.25) is 0 Å². The van der Waals surface area contributed by atoms with Gasteiger partial charge in [-0.25, -0.2) is 8.42 Å². The van der Waals surface area contributed by atoms with E-state index in [1.807, 2.05) is 44.2 Å². The molecule has 7 heteroatoms. The minimum Gasteiger partial charge on any atom is -0.456 e. The van der Waals surface area contributed by atoms with Gasteiger partial charge in [-0.05, 0) is 44.4 Å². The molecular formula is C22H27NO5S. The van der Waals surface area contributed by atoms with Crippen molar-refractivity contribution in [1.82, 2.24) is 5.32 Å².